The van der Waals surface area contributed by atoms with Gasteiger partial charge < -0.3 is 14.8 Å². The molecule has 41 heavy (non-hydrogen) atoms. The molecule has 0 spiro atoms. The molecule has 3 aromatic rings. The van der Waals surface area contributed by atoms with Crippen LogP contribution in [0.5, 0.6) is 0 Å². The van der Waals surface area contributed by atoms with Gasteiger partial charge in [0.1, 0.15) is 11.9 Å². The lowest BCUT2D eigenvalue weighted by Gasteiger charge is -2.26. The van der Waals surface area contributed by atoms with Gasteiger partial charge in [0.25, 0.3) is 5.91 Å². The smallest absolute Gasteiger partial charge is 0.252 e. The van der Waals surface area contributed by atoms with Gasteiger partial charge in [0.2, 0.25) is 5.91 Å². The zero-order valence-corrected chi connectivity index (χ0v) is 26.6. The first-order valence-electron chi connectivity index (χ1n) is 14.9. The maximum atomic E-state index is 13.5. The van der Waals surface area contributed by atoms with E-state index in [1.54, 1.807) is 30.3 Å². The summed E-state index contributed by atoms with van der Waals surface area (Å²) in [5, 5.41) is 5.13. The molecule has 0 unspecified atom stereocenters. The topological polar surface area (TPSA) is 79.6 Å². The van der Waals surface area contributed by atoms with Crippen LogP contribution in [0.4, 0.5) is 0 Å². The monoisotopic (exact) mass is 577 g/mol. The minimum absolute atomic E-state index is 0.0840. The number of imidazole rings is 1. The molecule has 7 nitrogen and oxygen atoms in total. The lowest BCUT2D eigenvalue weighted by atomic mass is 10.0. The van der Waals surface area contributed by atoms with Crippen molar-refractivity contribution in [3.63, 3.8) is 0 Å². The Balaban J connectivity index is 1.83. The van der Waals surface area contributed by atoms with Crippen LogP contribution in [-0.4, -0.2) is 58.7 Å². The number of allylic oxidation sites excluding steroid dienone is 2. The highest BCUT2D eigenvalue weighted by atomic mass is 32.1. The van der Waals surface area contributed by atoms with Crippen LogP contribution in [0.25, 0.3) is 11.0 Å². The van der Waals surface area contributed by atoms with Gasteiger partial charge in [-0.2, -0.15) is 0 Å². The SMILES string of the molecule is CC/C=C\C(CCN(C)C(=O)[C@H](CC(C)C)NC(=O)c1ccc2c(c1)nc(Cc1cccs1)n2C(CC)CC)=NC. The van der Waals surface area contributed by atoms with E-state index in [-0.39, 0.29) is 17.7 Å². The average Bonchev–Trinajstić information content (AvgIpc) is 3.60. The predicted octanol–water partition coefficient (Wildman–Crippen LogP) is 7.08. The molecular formula is C33H47N5O2S. The summed E-state index contributed by atoms with van der Waals surface area (Å²) in [6, 6.07) is 9.68. The molecule has 0 aliphatic rings. The van der Waals surface area contributed by atoms with Crippen molar-refractivity contribution < 1.29 is 9.59 Å². The van der Waals surface area contributed by atoms with E-state index in [2.05, 4.69) is 73.1 Å². The first-order valence-corrected chi connectivity index (χ1v) is 15.8. The number of aromatic nitrogens is 2. The molecule has 0 fully saturated rings. The van der Waals surface area contributed by atoms with Crippen LogP contribution in [-0.2, 0) is 11.2 Å². The molecule has 0 aliphatic heterocycles. The molecule has 1 N–H and O–H groups in total. The van der Waals surface area contributed by atoms with E-state index in [9.17, 15) is 9.59 Å². The zero-order valence-electron chi connectivity index (χ0n) is 25.8. The molecule has 2 amide bonds. The number of hydrogen-bond donors (Lipinski definition) is 1. The number of aliphatic imine (C=N–C) groups is 1. The minimum Gasteiger partial charge on any atom is -0.344 e. The highest BCUT2D eigenvalue weighted by Gasteiger charge is 2.26. The molecule has 8 heteroatoms. The summed E-state index contributed by atoms with van der Waals surface area (Å²) in [6.45, 7) is 11.2. The van der Waals surface area contributed by atoms with Crippen molar-refractivity contribution >= 4 is 39.9 Å². The Hall–Kier alpha value is -3.26. The third-order valence-corrected chi connectivity index (χ3v) is 8.34. The highest BCUT2D eigenvalue weighted by molar-refractivity contribution is 7.09. The zero-order chi connectivity index (χ0) is 29.9. The van der Waals surface area contributed by atoms with Gasteiger partial charge in [-0.05, 0) is 67.3 Å². The Bertz CT molecular complexity index is 1340. The maximum Gasteiger partial charge on any atom is 0.252 e. The lowest BCUT2D eigenvalue weighted by molar-refractivity contribution is -0.132. The van der Waals surface area contributed by atoms with Gasteiger partial charge >= 0.3 is 0 Å². The number of carbonyl (C=O) groups is 2. The maximum absolute atomic E-state index is 13.5. The molecule has 222 valence electrons. The molecule has 3 rings (SSSR count). The van der Waals surface area contributed by atoms with Crippen LogP contribution in [0.1, 0.15) is 93.8 Å². The molecule has 0 saturated carbocycles. The summed E-state index contributed by atoms with van der Waals surface area (Å²) in [4.78, 5) is 39.2. The third-order valence-electron chi connectivity index (χ3n) is 7.47. The van der Waals surface area contributed by atoms with E-state index >= 15 is 0 Å². The third kappa shape index (κ3) is 8.62. The van der Waals surface area contributed by atoms with Crippen LogP contribution in [0.2, 0.25) is 0 Å². The molecule has 0 radical (unpaired) electrons. The fourth-order valence-corrected chi connectivity index (χ4v) is 5.86. The summed E-state index contributed by atoms with van der Waals surface area (Å²) in [5.74, 6) is 0.931. The van der Waals surface area contributed by atoms with E-state index in [1.165, 1.54) is 4.88 Å². The quantitative estimate of drug-likeness (QED) is 0.196. The van der Waals surface area contributed by atoms with E-state index in [4.69, 9.17) is 4.98 Å². The van der Waals surface area contributed by atoms with Crippen molar-refractivity contribution in [3.05, 3.63) is 64.1 Å². The van der Waals surface area contributed by atoms with Gasteiger partial charge in [-0.15, -0.1) is 11.3 Å². The number of carbonyl (C=O) groups excluding carboxylic acids is 2. The normalized spacial score (nSPS) is 13.0. The van der Waals surface area contributed by atoms with Crippen LogP contribution in [0.3, 0.4) is 0 Å². The number of benzene rings is 1. The minimum atomic E-state index is -0.604. The Morgan fingerprint density at radius 2 is 1.93 bits per heavy atom. The van der Waals surface area contributed by atoms with Crippen molar-refractivity contribution in [2.24, 2.45) is 10.9 Å². The van der Waals surface area contributed by atoms with Crippen LogP contribution in [0.15, 0.2) is 52.9 Å². The van der Waals surface area contributed by atoms with E-state index < -0.39 is 6.04 Å². The van der Waals surface area contributed by atoms with E-state index in [0.29, 0.717) is 31.0 Å². The number of nitrogens with zero attached hydrogens (tertiary/aromatic N) is 4. The molecule has 1 atom stereocenters. The molecule has 0 saturated heterocycles. The van der Waals surface area contributed by atoms with E-state index in [1.807, 2.05) is 24.3 Å². The summed E-state index contributed by atoms with van der Waals surface area (Å²) in [6.07, 6.45) is 9.04. The number of nitrogens with one attached hydrogen (secondary N) is 1. The number of amides is 2. The second-order valence-corrected chi connectivity index (χ2v) is 12.1. The number of likely N-dealkylation sites (N-methyl/N-ethyl adjacent to an activating group) is 1. The number of thiophene rings is 1. The van der Waals surface area contributed by atoms with Crippen molar-refractivity contribution in [1.29, 1.82) is 0 Å². The molecule has 1 aromatic carbocycles. The van der Waals surface area contributed by atoms with Crippen molar-refractivity contribution in [2.45, 2.75) is 85.2 Å². The van der Waals surface area contributed by atoms with E-state index in [0.717, 1.165) is 48.3 Å². The van der Waals surface area contributed by atoms with Crippen LogP contribution in [0, 0.1) is 5.92 Å². The van der Waals surface area contributed by atoms with Gasteiger partial charge in [-0.3, -0.25) is 14.6 Å². The van der Waals surface area contributed by atoms with Gasteiger partial charge in [0, 0.05) is 55.7 Å². The average molecular weight is 578 g/mol. The van der Waals surface area contributed by atoms with Gasteiger partial charge in [-0.1, -0.05) is 46.8 Å². The van der Waals surface area contributed by atoms with Crippen LogP contribution >= 0.6 is 11.3 Å². The molecule has 2 heterocycles. The van der Waals surface area contributed by atoms with Gasteiger partial charge in [0.05, 0.1) is 11.0 Å². The van der Waals surface area contributed by atoms with Crippen molar-refractivity contribution in [2.75, 3.05) is 20.6 Å². The second-order valence-electron chi connectivity index (χ2n) is 11.0. The van der Waals surface area contributed by atoms with Gasteiger partial charge in [-0.25, -0.2) is 4.98 Å². The molecular weight excluding hydrogens is 530 g/mol. The Labute approximate surface area is 249 Å². The molecule has 2 aromatic heterocycles. The Kier molecular flexibility index (Phi) is 12.3. The lowest BCUT2D eigenvalue weighted by Crippen LogP contribution is -2.48. The molecule has 0 aliphatic carbocycles. The summed E-state index contributed by atoms with van der Waals surface area (Å²) in [7, 11) is 3.57. The second kappa shape index (κ2) is 15.7. The Morgan fingerprint density at radius 1 is 1.17 bits per heavy atom. The summed E-state index contributed by atoms with van der Waals surface area (Å²) >= 11 is 1.73. The first kappa shape index (κ1) is 32.3. The highest BCUT2D eigenvalue weighted by Crippen LogP contribution is 2.28. The first-order chi connectivity index (χ1) is 19.7. The van der Waals surface area contributed by atoms with Crippen molar-refractivity contribution in [1.82, 2.24) is 19.8 Å². The number of fused-ring (bicyclic) bond motifs is 1. The summed E-state index contributed by atoms with van der Waals surface area (Å²) < 4.78 is 2.35. The largest absolute Gasteiger partial charge is 0.344 e. The Morgan fingerprint density at radius 3 is 2.54 bits per heavy atom. The standard InChI is InChI=1S/C33H47N5O2S/c1-8-11-13-25(34-6)17-18-37(7)33(40)29(20-23(4)5)36-32(39)24-15-16-30-28(21-24)35-31(22-27-14-12-19-41-27)38(30)26(9-2)10-3/h11-16,19,21,23,26,29H,8-10,17-18,20,22H2,1-7H3,(H,36,39)/b13-11-,34-25?/t29-/m0/s1. The molecule has 0 bridgehead atoms. The number of hydrogen-bond acceptors (Lipinski definition) is 5. The van der Waals surface area contributed by atoms with Crippen LogP contribution < -0.4 is 5.32 Å². The predicted molar refractivity (Wildman–Crippen MR) is 172 cm³/mol. The fourth-order valence-electron chi connectivity index (χ4n) is 5.16. The summed E-state index contributed by atoms with van der Waals surface area (Å²) in [5.41, 5.74) is 3.33. The number of rotatable bonds is 15. The fraction of sp³-hybridized carbons (Fsp3) is 0.515. The van der Waals surface area contributed by atoms with Crippen molar-refractivity contribution in [3.8, 4) is 0 Å². The van der Waals surface area contributed by atoms with Gasteiger partial charge in [0.15, 0.2) is 0 Å².